The van der Waals surface area contributed by atoms with Gasteiger partial charge in [0.25, 0.3) is 0 Å². The molecule has 7 aromatic carbocycles. The zero-order chi connectivity index (χ0) is 31.5. The molecule has 0 bridgehead atoms. The number of hydrogen-bond donors (Lipinski definition) is 0. The van der Waals surface area contributed by atoms with Crippen LogP contribution in [0.4, 0.5) is 0 Å². The Bertz CT molecular complexity index is 2690. The van der Waals surface area contributed by atoms with E-state index in [1.165, 1.54) is 38.2 Å². The van der Waals surface area contributed by atoms with Crippen molar-refractivity contribution in [1.82, 2.24) is 0 Å². The van der Waals surface area contributed by atoms with Crippen molar-refractivity contribution >= 4 is 76.6 Å². The lowest BCUT2D eigenvalue weighted by molar-refractivity contribution is 0.634. The predicted molar refractivity (Wildman–Crippen MR) is 200 cm³/mol. The van der Waals surface area contributed by atoms with Crippen LogP contribution in [0.2, 0.25) is 0 Å². The van der Waals surface area contributed by atoms with Crippen molar-refractivity contribution in [2.75, 3.05) is 0 Å². The van der Waals surface area contributed by atoms with Crippen molar-refractivity contribution in [2.45, 2.75) is 6.92 Å². The maximum absolute atomic E-state index is 6.87. The van der Waals surface area contributed by atoms with Crippen molar-refractivity contribution in [1.29, 1.82) is 0 Å². The summed E-state index contributed by atoms with van der Waals surface area (Å²) in [5.74, 6) is 0. The quantitative estimate of drug-likeness (QED) is 0.145. The monoisotopic (exact) mass is 602 g/mol. The Balaban J connectivity index is 1.36. The zero-order valence-corrected chi connectivity index (χ0v) is 26.0. The van der Waals surface area contributed by atoms with Crippen LogP contribution in [0.1, 0.15) is 18.1 Å². The summed E-state index contributed by atoms with van der Waals surface area (Å²) in [6.45, 7) is 6.27. The van der Waals surface area contributed by atoms with E-state index >= 15 is 0 Å². The molecule has 0 saturated carbocycles. The molecule has 9 rings (SSSR count). The maximum atomic E-state index is 6.87. The first-order valence-corrected chi connectivity index (χ1v) is 16.0. The third kappa shape index (κ3) is 4.19. The van der Waals surface area contributed by atoms with Crippen LogP contribution < -0.4 is 0 Å². The van der Waals surface area contributed by atoms with Gasteiger partial charge < -0.3 is 8.83 Å². The summed E-state index contributed by atoms with van der Waals surface area (Å²) in [4.78, 5) is 0. The van der Waals surface area contributed by atoms with Gasteiger partial charge in [-0.2, -0.15) is 0 Å². The summed E-state index contributed by atoms with van der Waals surface area (Å²) in [5.41, 5.74) is 10.2. The van der Waals surface area contributed by atoms with E-state index < -0.39 is 0 Å². The Morgan fingerprint density at radius 3 is 1.77 bits per heavy atom. The second-order valence-corrected chi connectivity index (χ2v) is 12.1. The number of fused-ring (bicyclic) bond motifs is 9. The number of furan rings is 2. The first-order valence-electron chi connectivity index (χ1n) is 16.0. The molecule has 0 aliphatic heterocycles. The molecule has 0 spiro atoms. The van der Waals surface area contributed by atoms with Crippen LogP contribution in [0.15, 0.2) is 167 Å². The second kappa shape index (κ2) is 10.8. The predicted octanol–water partition coefficient (Wildman–Crippen LogP) is 13.1. The summed E-state index contributed by atoms with van der Waals surface area (Å²) in [5, 5.41) is 8.99. The molecule has 9 aromatic rings. The fourth-order valence-electron chi connectivity index (χ4n) is 7.31. The van der Waals surface area contributed by atoms with E-state index in [1.54, 1.807) is 0 Å². The second-order valence-electron chi connectivity index (χ2n) is 12.1. The van der Waals surface area contributed by atoms with Gasteiger partial charge >= 0.3 is 0 Å². The molecule has 0 aliphatic rings. The molecule has 0 unspecified atom stereocenters. The van der Waals surface area contributed by atoms with Crippen LogP contribution in [-0.2, 0) is 0 Å². The SMILES string of the molecule is C=C/C=C(\C=C(/C)c1ccccc1)c1c2ccccc2c(-c2cccc3c2oc2c3ccc3c4ccccc4oc32)c2ccccc12. The maximum Gasteiger partial charge on any atom is 0.178 e. The van der Waals surface area contributed by atoms with Gasteiger partial charge in [0.1, 0.15) is 11.2 Å². The minimum absolute atomic E-state index is 0.782. The molecule has 2 heteroatoms. The third-order valence-electron chi connectivity index (χ3n) is 9.40. The van der Waals surface area contributed by atoms with Crippen molar-refractivity contribution in [3.05, 3.63) is 169 Å². The van der Waals surface area contributed by atoms with E-state index in [2.05, 4.69) is 141 Å². The molecular weight excluding hydrogens is 572 g/mol. The van der Waals surface area contributed by atoms with E-state index in [-0.39, 0.29) is 0 Å². The summed E-state index contributed by atoms with van der Waals surface area (Å²) < 4.78 is 13.3. The molecular formula is C45H30O2. The largest absolute Gasteiger partial charge is 0.452 e. The lowest BCUT2D eigenvalue weighted by Crippen LogP contribution is -1.93. The molecule has 0 atom stereocenters. The average molecular weight is 603 g/mol. The Morgan fingerprint density at radius 2 is 1.06 bits per heavy atom. The summed E-state index contributed by atoms with van der Waals surface area (Å²) in [6, 6.07) is 47.0. The Labute approximate surface area is 272 Å². The van der Waals surface area contributed by atoms with Gasteiger partial charge in [-0.15, -0.1) is 0 Å². The first-order chi connectivity index (χ1) is 23.2. The Hall–Kier alpha value is -6.12. The summed E-state index contributed by atoms with van der Waals surface area (Å²) in [6.07, 6.45) is 6.29. The van der Waals surface area contributed by atoms with E-state index in [0.29, 0.717) is 0 Å². The topological polar surface area (TPSA) is 26.3 Å². The Kier molecular flexibility index (Phi) is 6.22. The normalized spacial score (nSPS) is 12.7. The standard InChI is InChI=1S/C45H30O2/c1-3-14-30(27-28(2)29-15-5-4-6-16-29)41-32-18-7-9-20-34(32)42(35-21-10-8-19-33(35)41)39-23-13-22-36-38-26-25-37-31-17-11-12-24-40(31)46-44(37)45(38)47-43(36)39/h3-27H,1H2,2H3/b28-27+,30-14+. The van der Waals surface area contributed by atoms with Gasteiger partial charge in [0.2, 0.25) is 0 Å². The molecule has 2 heterocycles. The molecule has 0 fully saturated rings. The van der Waals surface area contributed by atoms with Gasteiger partial charge in [0, 0.05) is 32.7 Å². The van der Waals surface area contributed by atoms with Gasteiger partial charge in [-0.25, -0.2) is 0 Å². The minimum Gasteiger partial charge on any atom is -0.452 e. The summed E-state index contributed by atoms with van der Waals surface area (Å²) in [7, 11) is 0. The summed E-state index contributed by atoms with van der Waals surface area (Å²) >= 11 is 0. The van der Waals surface area contributed by atoms with Crippen molar-refractivity contribution in [3.8, 4) is 11.1 Å². The lowest BCUT2D eigenvalue weighted by atomic mass is 9.84. The van der Waals surface area contributed by atoms with Gasteiger partial charge in [0.15, 0.2) is 11.2 Å². The van der Waals surface area contributed by atoms with E-state index in [4.69, 9.17) is 8.83 Å². The van der Waals surface area contributed by atoms with Gasteiger partial charge in [-0.3, -0.25) is 0 Å². The molecule has 47 heavy (non-hydrogen) atoms. The molecule has 0 N–H and O–H groups in total. The number of rotatable bonds is 5. The van der Waals surface area contributed by atoms with Crippen LogP contribution in [-0.4, -0.2) is 0 Å². The lowest BCUT2D eigenvalue weighted by Gasteiger charge is -2.18. The van der Waals surface area contributed by atoms with Crippen molar-refractivity contribution < 1.29 is 8.83 Å². The zero-order valence-electron chi connectivity index (χ0n) is 26.0. The van der Waals surface area contributed by atoms with E-state index in [9.17, 15) is 0 Å². The molecule has 0 aliphatic carbocycles. The fraction of sp³-hybridized carbons (Fsp3) is 0.0222. The fourth-order valence-corrected chi connectivity index (χ4v) is 7.31. The number of hydrogen-bond acceptors (Lipinski definition) is 2. The van der Waals surface area contributed by atoms with Gasteiger partial charge in [0.05, 0.1) is 0 Å². The third-order valence-corrected chi connectivity index (χ3v) is 9.40. The molecule has 2 nitrogen and oxygen atoms in total. The van der Waals surface area contributed by atoms with Crippen LogP contribution in [0, 0.1) is 0 Å². The highest BCUT2D eigenvalue weighted by atomic mass is 16.4. The molecule has 0 saturated heterocycles. The molecule has 0 amide bonds. The van der Waals surface area contributed by atoms with Crippen LogP contribution in [0.25, 0.3) is 87.7 Å². The van der Waals surface area contributed by atoms with E-state index in [0.717, 1.165) is 60.6 Å². The van der Waals surface area contributed by atoms with Crippen LogP contribution in [0.3, 0.4) is 0 Å². The number of para-hydroxylation sites is 2. The first kappa shape index (κ1) is 27.2. The van der Waals surface area contributed by atoms with Crippen LogP contribution in [0.5, 0.6) is 0 Å². The average Bonchev–Trinajstić information content (AvgIpc) is 3.70. The van der Waals surface area contributed by atoms with Crippen LogP contribution >= 0.6 is 0 Å². The number of allylic oxidation sites excluding steroid dienone is 5. The van der Waals surface area contributed by atoms with Crippen molar-refractivity contribution in [3.63, 3.8) is 0 Å². The highest BCUT2D eigenvalue weighted by Crippen LogP contribution is 2.47. The van der Waals surface area contributed by atoms with Gasteiger partial charge in [-0.05, 0) is 68.9 Å². The Morgan fingerprint density at radius 1 is 0.511 bits per heavy atom. The van der Waals surface area contributed by atoms with Crippen molar-refractivity contribution in [2.24, 2.45) is 0 Å². The van der Waals surface area contributed by atoms with Gasteiger partial charge in [-0.1, -0.05) is 140 Å². The minimum atomic E-state index is 0.782. The smallest absolute Gasteiger partial charge is 0.178 e. The number of benzene rings is 7. The highest BCUT2D eigenvalue weighted by Gasteiger charge is 2.22. The van der Waals surface area contributed by atoms with E-state index in [1.807, 2.05) is 24.3 Å². The molecule has 0 radical (unpaired) electrons. The molecule has 2 aromatic heterocycles. The highest BCUT2D eigenvalue weighted by molar-refractivity contribution is 6.25. The molecule has 222 valence electrons.